The minimum atomic E-state index is -0.485. The Morgan fingerprint density at radius 1 is 1.00 bits per heavy atom. The van der Waals surface area contributed by atoms with Crippen LogP contribution in [-0.4, -0.2) is 19.3 Å². The van der Waals surface area contributed by atoms with E-state index in [9.17, 15) is 4.79 Å². The van der Waals surface area contributed by atoms with Crippen LogP contribution in [0.5, 0.6) is 11.5 Å². The Bertz CT molecular complexity index is 743. The number of hydrogen-bond donors (Lipinski definition) is 1. The number of carbonyl (C=O) groups is 1. The average molecular weight is 357 g/mol. The summed E-state index contributed by atoms with van der Waals surface area (Å²) in [5.74, 6) is 1.56. The molecular weight excluding hydrogens is 330 g/mol. The molecule has 0 aliphatic carbocycles. The molecule has 0 aliphatic heterocycles. The van der Waals surface area contributed by atoms with Crippen molar-refractivity contribution in [3.8, 4) is 11.5 Å². The van der Waals surface area contributed by atoms with Crippen molar-refractivity contribution in [1.82, 2.24) is 0 Å². The zero-order valence-electron chi connectivity index (χ0n) is 15.9. The minimum Gasteiger partial charge on any atom is -0.494 e. The molecule has 0 aromatic heterocycles. The molecule has 140 valence electrons. The second-order valence-corrected chi connectivity index (χ2v) is 5.84. The summed E-state index contributed by atoms with van der Waals surface area (Å²) < 4.78 is 16.5. The van der Waals surface area contributed by atoms with Gasteiger partial charge in [-0.2, -0.15) is 0 Å². The average Bonchev–Trinajstić information content (AvgIpc) is 2.62. The first-order valence-corrected chi connectivity index (χ1v) is 8.99. The van der Waals surface area contributed by atoms with Gasteiger partial charge in [-0.15, -0.1) is 0 Å². The van der Waals surface area contributed by atoms with Crippen molar-refractivity contribution in [2.24, 2.45) is 0 Å². The van der Waals surface area contributed by atoms with Crippen LogP contribution in [0.4, 0.5) is 10.5 Å². The van der Waals surface area contributed by atoms with Crippen molar-refractivity contribution in [2.75, 3.05) is 18.5 Å². The number of amides is 1. The molecule has 2 aromatic rings. The SMILES string of the molecule is CCOC(=O)Nc1ccc(OCC)cc1COc1ccc(CC)cc1C. The minimum absolute atomic E-state index is 0.314. The summed E-state index contributed by atoms with van der Waals surface area (Å²) in [4.78, 5) is 11.8. The Morgan fingerprint density at radius 3 is 2.46 bits per heavy atom. The first-order chi connectivity index (χ1) is 12.6. The van der Waals surface area contributed by atoms with Gasteiger partial charge in [0.05, 0.1) is 18.9 Å². The van der Waals surface area contributed by atoms with Crippen LogP contribution in [0.3, 0.4) is 0 Å². The van der Waals surface area contributed by atoms with Gasteiger partial charge in [-0.1, -0.05) is 19.1 Å². The van der Waals surface area contributed by atoms with Crippen LogP contribution in [0.25, 0.3) is 0 Å². The first-order valence-electron chi connectivity index (χ1n) is 8.99. The Kier molecular flexibility index (Phi) is 7.33. The van der Waals surface area contributed by atoms with Crippen molar-refractivity contribution in [3.05, 3.63) is 53.1 Å². The molecule has 26 heavy (non-hydrogen) atoms. The molecule has 0 saturated carbocycles. The molecule has 1 amide bonds. The summed E-state index contributed by atoms with van der Waals surface area (Å²) >= 11 is 0. The summed E-state index contributed by atoms with van der Waals surface area (Å²) in [5, 5.41) is 2.75. The second kappa shape index (κ2) is 9.70. The van der Waals surface area contributed by atoms with Crippen LogP contribution < -0.4 is 14.8 Å². The molecule has 0 fully saturated rings. The van der Waals surface area contributed by atoms with Gasteiger partial charge in [-0.3, -0.25) is 5.32 Å². The van der Waals surface area contributed by atoms with E-state index in [0.29, 0.717) is 25.5 Å². The molecule has 5 nitrogen and oxygen atoms in total. The number of benzene rings is 2. The van der Waals surface area contributed by atoms with Crippen LogP contribution in [0.2, 0.25) is 0 Å². The van der Waals surface area contributed by atoms with Crippen LogP contribution >= 0.6 is 0 Å². The molecule has 0 atom stereocenters. The van der Waals surface area contributed by atoms with E-state index in [1.165, 1.54) is 5.56 Å². The number of aryl methyl sites for hydroxylation is 2. The van der Waals surface area contributed by atoms with E-state index in [2.05, 4.69) is 24.4 Å². The fourth-order valence-corrected chi connectivity index (χ4v) is 2.59. The van der Waals surface area contributed by atoms with Crippen LogP contribution in [0, 0.1) is 6.92 Å². The third kappa shape index (κ3) is 5.41. The highest BCUT2D eigenvalue weighted by molar-refractivity contribution is 5.85. The smallest absolute Gasteiger partial charge is 0.411 e. The number of hydrogen-bond acceptors (Lipinski definition) is 4. The maximum atomic E-state index is 11.8. The van der Waals surface area contributed by atoms with E-state index < -0.39 is 6.09 Å². The number of carbonyl (C=O) groups excluding carboxylic acids is 1. The highest BCUT2D eigenvalue weighted by Crippen LogP contribution is 2.26. The topological polar surface area (TPSA) is 56.8 Å². The molecule has 2 rings (SSSR count). The van der Waals surface area contributed by atoms with Crippen LogP contribution in [0.1, 0.15) is 37.5 Å². The molecule has 0 saturated heterocycles. The fourth-order valence-electron chi connectivity index (χ4n) is 2.59. The van der Waals surface area contributed by atoms with Gasteiger partial charge in [-0.25, -0.2) is 4.79 Å². The molecule has 0 unspecified atom stereocenters. The number of nitrogens with one attached hydrogen (secondary N) is 1. The lowest BCUT2D eigenvalue weighted by Gasteiger charge is -2.15. The van der Waals surface area contributed by atoms with E-state index in [4.69, 9.17) is 14.2 Å². The van der Waals surface area contributed by atoms with E-state index >= 15 is 0 Å². The fraction of sp³-hybridized carbons (Fsp3) is 0.381. The summed E-state index contributed by atoms with van der Waals surface area (Å²) in [6.07, 6.45) is 0.506. The van der Waals surface area contributed by atoms with Gasteiger partial charge in [0, 0.05) is 5.56 Å². The van der Waals surface area contributed by atoms with Gasteiger partial charge in [0.1, 0.15) is 18.1 Å². The Balaban J connectivity index is 2.19. The maximum absolute atomic E-state index is 11.8. The highest BCUT2D eigenvalue weighted by Gasteiger charge is 2.11. The van der Waals surface area contributed by atoms with E-state index in [0.717, 1.165) is 29.0 Å². The Labute approximate surface area is 155 Å². The van der Waals surface area contributed by atoms with E-state index in [1.54, 1.807) is 13.0 Å². The normalized spacial score (nSPS) is 10.3. The predicted octanol–water partition coefficient (Wildman–Crippen LogP) is 5.10. The lowest BCUT2D eigenvalue weighted by Crippen LogP contribution is -2.15. The van der Waals surface area contributed by atoms with Crippen molar-refractivity contribution >= 4 is 11.8 Å². The third-order valence-corrected chi connectivity index (χ3v) is 3.93. The second-order valence-electron chi connectivity index (χ2n) is 5.84. The van der Waals surface area contributed by atoms with Gasteiger partial charge in [0.2, 0.25) is 0 Å². The molecule has 0 heterocycles. The molecule has 5 heteroatoms. The Morgan fingerprint density at radius 2 is 1.81 bits per heavy atom. The summed E-state index contributed by atoms with van der Waals surface area (Å²) in [7, 11) is 0. The zero-order chi connectivity index (χ0) is 18.9. The van der Waals surface area contributed by atoms with E-state index in [1.807, 2.05) is 32.0 Å². The molecule has 0 bridgehead atoms. The molecule has 1 N–H and O–H groups in total. The summed E-state index contributed by atoms with van der Waals surface area (Å²) in [5.41, 5.74) is 3.83. The van der Waals surface area contributed by atoms with Gasteiger partial charge >= 0.3 is 6.09 Å². The summed E-state index contributed by atoms with van der Waals surface area (Å²) in [6.45, 7) is 9.06. The molecule has 0 spiro atoms. The molecular formula is C21H27NO4. The predicted molar refractivity (Wildman–Crippen MR) is 103 cm³/mol. The number of ether oxygens (including phenoxy) is 3. The van der Waals surface area contributed by atoms with Gasteiger partial charge < -0.3 is 14.2 Å². The zero-order valence-corrected chi connectivity index (χ0v) is 15.9. The quantitative estimate of drug-likeness (QED) is 0.714. The monoisotopic (exact) mass is 357 g/mol. The summed E-state index contributed by atoms with van der Waals surface area (Å²) in [6, 6.07) is 11.7. The standard InChI is InChI=1S/C21H27NO4/c1-5-16-8-11-20(15(4)12-16)26-14-17-13-18(24-6-2)9-10-19(17)22-21(23)25-7-3/h8-13H,5-7,14H2,1-4H3,(H,22,23). The molecule has 0 aliphatic rings. The number of anilines is 1. The molecule has 0 radical (unpaired) electrons. The first kappa shape index (κ1) is 19.6. The van der Waals surface area contributed by atoms with Gasteiger partial charge in [0.25, 0.3) is 0 Å². The lowest BCUT2D eigenvalue weighted by atomic mass is 10.1. The van der Waals surface area contributed by atoms with Crippen molar-refractivity contribution in [3.63, 3.8) is 0 Å². The highest BCUT2D eigenvalue weighted by atomic mass is 16.5. The van der Waals surface area contributed by atoms with Crippen molar-refractivity contribution in [2.45, 2.75) is 40.7 Å². The van der Waals surface area contributed by atoms with Crippen molar-refractivity contribution < 1.29 is 19.0 Å². The largest absolute Gasteiger partial charge is 0.494 e. The Hall–Kier alpha value is -2.69. The van der Waals surface area contributed by atoms with Crippen molar-refractivity contribution in [1.29, 1.82) is 0 Å². The third-order valence-electron chi connectivity index (χ3n) is 3.93. The van der Waals surface area contributed by atoms with Gasteiger partial charge in [-0.05, 0) is 62.6 Å². The van der Waals surface area contributed by atoms with Crippen LogP contribution in [-0.2, 0) is 17.8 Å². The van der Waals surface area contributed by atoms with E-state index in [-0.39, 0.29) is 0 Å². The molecule has 2 aromatic carbocycles. The van der Waals surface area contributed by atoms with Gasteiger partial charge in [0.15, 0.2) is 0 Å². The van der Waals surface area contributed by atoms with Crippen LogP contribution in [0.15, 0.2) is 36.4 Å². The lowest BCUT2D eigenvalue weighted by molar-refractivity contribution is 0.168. The maximum Gasteiger partial charge on any atom is 0.411 e. The number of rotatable bonds is 8.